The van der Waals surface area contributed by atoms with Gasteiger partial charge in [0.2, 0.25) is 0 Å². The van der Waals surface area contributed by atoms with Gasteiger partial charge in [-0.3, -0.25) is 9.97 Å². The molecule has 25 heavy (non-hydrogen) atoms. The van der Waals surface area contributed by atoms with Crippen molar-refractivity contribution in [3.8, 4) is 28.4 Å². The van der Waals surface area contributed by atoms with Crippen molar-refractivity contribution in [3.05, 3.63) is 79.5 Å². The van der Waals surface area contributed by atoms with Gasteiger partial charge in [-0.05, 0) is 17.5 Å². The average Bonchev–Trinajstić information content (AvgIpc) is 2.63. The van der Waals surface area contributed by atoms with Crippen LogP contribution in [0.2, 0.25) is 0 Å². The summed E-state index contributed by atoms with van der Waals surface area (Å²) in [6.07, 6.45) is 10.2. The fraction of sp³-hybridized carbons (Fsp3) is 0.182. The Kier molecular flexibility index (Phi) is 8.26. The first-order valence-electron chi connectivity index (χ1n) is 7.78. The van der Waals surface area contributed by atoms with Crippen molar-refractivity contribution in [3.63, 3.8) is 0 Å². The Hall–Kier alpha value is -2.23. The van der Waals surface area contributed by atoms with Crippen LogP contribution in [0.15, 0.2) is 67.0 Å². The number of hydrogen-bond acceptors (Lipinski definition) is 2. The maximum Gasteiger partial charge on any atom is 2.00 e. The first kappa shape index (κ1) is 20.8. The number of benzene rings is 1. The normalized spacial score (nSPS) is 9.84. The minimum atomic E-state index is -0.0417. The first-order chi connectivity index (χ1) is 11.5. The standard InChI is InChI=1S/C16H11N2.C6H9.Pt/c1-3-10-17-15(8-1)13-6-5-7-14(12-13)16-9-2-4-11-18-16;1-5-6(2,3)4;/h1-11H;2-4H3;/q2*-1;+2. The summed E-state index contributed by atoms with van der Waals surface area (Å²) < 4.78 is 0. The van der Waals surface area contributed by atoms with E-state index in [1.54, 1.807) is 12.4 Å². The molecule has 0 fully saturated rings. The van der Waals surface area contributed by atoms with Crippen molar-refractivity contribution in [1.82, 2.24) is 9.97 Å². The van der Waals surface area contributed by atoms with E-state index in [0.717, 1.165) is 22.5 Å². The molecule has 2 aromatic heterocycles. The Bertz CT molecular complexity index is 746. The number of nitrogens with zero attached hydrogens (tertiary/aromatic N) is 2. The average molecular weight is 507 g/mol. The van der Waals surface area contributed by atoms with Crippen LogP contribution in [-0.4, -0.2) is 9.97 Å². The van der Waals surface area contributed by atoms with Gasteiger partial charge in [-0.25, -0.2) is 0 Å². The van der Waals surface area contributed by atoms with Crippen molar-refractivity contribution in [2.24, 2.45) is 5.41 Å². The van der Waals surface area contributed by atoms with Crippen LogP contribution in [0.3, 0.4) is 0 Å². The third-order valence-corrected chi connectivity index (χ3v) is 3.05. The molecule has 3 aromatic rings. The van der Waals surface area contributed by atoms with Gasteiger partial charge < -0.3 is 12.3 Å². The van der Waals surface area contributed by atoms with Gasteiger partial charge in [-0.2, -0.15) is 0 Å². The van der Waals surface area contributed by atoms with E-state index in [9.17, 15) is 0 Å². The topological polar surface area (TPSA) is 25.8 Å². The molecule has 0 aliphatic carbocycles. The van der Waals surface area contributed by atoms with Crippen molar-refractivity contribution in [2.45, 2.75) is 20.8 Å². The molecule has 2 heterocycles. The van der Waals surface area contributed by atoms with Gasteiger partial charge in [0.1, 0.15) is 0 Å². The van der Waals surface area contributed by atoms with Crippen molar-refractivity contribution in [1.29, 1.82) is 0 Å². The largest absolute Gasteiger partial charge is 2.00 e. The molecule has 0 aliphatic heterocycles. The molecule has 2 nitrogen and oxygen atoms in total. The third-order valence-electron chi connectivity index (χ3n) is 3.05. The number of aromatic nitrogens is 2. The van der Waals surface area contributed by atoms with Crippen LogP contribution in [0, 0.1) is 23.8 Å². The Morgan fingerprint density at radius 3 is 1.56 bits per heavy atom. The van der Waals surface area contributed by atoms with Crippen LogP contribution in [0.1, 0.15) is 20.8 Å². The van der Waals surface area contributed by atoms with E-state index in [2.05, 4.69) is 22.0 Å². The Morgan fingerprint density at radius 2 is 1.24 bits per heavy atom. The van der Waals surface area contributed by atoms with Crippen LogP contribution in [0.4, 0.5) is 0 Å². The minimum Gasteiger partial charge on any atom is -0.693 e. The Balaban J connectivity index is 0.000000390. The van der Waals surface area contributed by atoms with E-state index in [0.29, 0.717) is 0 Å². The molecule has 0 unspecified atom stereocenters. The van der Waals surface area contributed by atoms with Crippen LogP contribution in [0.25, 0.3) is 22.5 Å². The monoisotopic (exact) mass is 507 g/mol. The maximum atomic E-state index is 6.60. The zero-order chi connectivity index (χ0) is 17.4. The summed E-state index contributed by atoms with van der Waals surface area (Å²) in [5.74, 6) is 2.35. The first-order valence-corrected chi connectivity index (χ1v) is 7.78. The van der Waals surface area contributed by atoms with E-state index >= 15 is 0 Å². The van der Waals surface area contributed by atoms with Gasteiger partial charge >= 0.3 is 21.1 Å². The van der Waals surface area contributed by atoms with E-state index in [-0.39, 0.29) is 26.5 Å². The van der Waals surface area contributed by atoms with Crippen LogP contribution < -0.4 is 0 Å². The molecule has 1 aromatic carbocycles. The summed E-state index contributed by atoms with van der Waals surface area (Å²) in [7, 11) is 0. The summed E-state index contributed by atoms with van der Waals surface area (Å²) in [5, 5.41) is 0. The predicted molar refractivity (Wildman–Crippen MR) is 98.3 cm³/mol. The summed E-state index contributed by atoms with van der Waals surface area (Å²) >= 11 is 0. The number of hydrogen-bond donors (Lipinski definition) is 0. The van der Waals surface area contributed by atoms with Gasteiger partial charge in [0.05, 0.1) is 0 Å². The zero-order valence-corrected chi connectivity index (χ0v) is 16.8. The van der Waals surface area contributed by atoms with Crippen molar-refractivity contribution >= 4 is 0 Å². The molecule has 0 amide bonds. The molecule has 0 spiro atoms. The van der Waals surface area contributed by atoms with Crippen LogP contribution in [-0.2, 0) is 21.1 Å². The quantitative estimate of drug-likeness (QED) is 0.351. The fourth-order valence-corrected chi connectivity index (χ4v) is 1.81. The van der Waals surface area contributed by atoms with Gasteiger partial charge in [-0.1, -0.05) is 56.2 Å². The molecule has 3 heteroatoms. The SMILES string of the molecule is [C-]#CC(C)(C)C.[Pt+2].[c-]1c(-c2ccccn2)cccc1-c1ccccn1. The molecule has 0 aliphatic rings. The second-order valence-electron chi connectivity index (χ2n) is 6.28. The van der Waals surface area contributed by atoms with Crippen LogP contribution in [0.5, 0.6) is 0 Å². The summed E-state index contributed by atoms with van der Waals surface area (Å²) in [6, 6.07) is 21.1. The minimum absolute atomic E-state index is 0. The maximum absolute atomic E-state index is 6.60. The molecule has 128 valence electrons. The molecule has 0 bridgehead atoms. The van der Waals surface area contributed by atoms with E-state index in [4.69, 9.17) is 6.42 Å². The van der Waals surface area contributed by atoms with Gasteiger partial charge in [0.25, 0.3) is 0 Å². The molecule has 0 radical (unpaired) electrons. The predicted octanol–water partition coefficient (Wildman–Crippen LogP) is 5.23. The number of pyridine rings is 2. The summed E-state index contributed by atoms with van der Waals surface area (Å²) in [5.41, 5.74) is 3.78. The molecular formula is C22H20N2Pt. The second kappa shape index (κ2) is 9.92. The van der Waals surface area contributed by atoms with Gasteiger partial charge in [-0.15, -0.1) is 24.3 Å². The molecule has 0 saturated carbocycles. The van der Waals surface area contributed by atoms with Gasteiger partial charge in [0.15, 0.2) is 0 Å². The fourth-order valence-electron chi connectivity index (χ4n) is 1.81. The Morgan fingerprint density at radius 1 is 0.800 bits per heavy atom. The molecule has 0 N–H and O–H groups in total. The van der Waals surface area contributed by atoms with E-state index in [1.807, 2.05) is 75.4 Å². The van der Waals surface area contributed by atoms with Gasteiger partial charge in [0, 0.05) is 23.8 Å². The summed E-state index contributed by atoms with van der Waals surface area (Å²) in [4.78, 5) is 8.66. The third kappa shape index (κ3) is 7.04. The van der Waals surface area contributed by atoms with Crippen LogP contribution >= 0.6 is 0 Å². The second-order valence-corrected chi connectivity index (χ2v) is 6.28. The molecular weight excluding hydrogens is 487 g/mol. The smallest absolute Gasteiger partial charge is 0.693 e. The summed E-state index contributed by atoms with van der Waals surface area (Å²) in [6.45, 7) is 5.83. The zero-order valence-electron chi connectivity index (χ0n) is 14.6. The molecule has 0 saturated heterocycles. The molecule has 0 atom stereocenters. The van der Waals surface area contributed by atoms with Crippen molar-refractivity contribution in [2.75, 3.05) is 0 Å². The molecule has 3 rings (SSSR count). The Labute approximate surface area is 165 Å². The number of rotatable bonds is 2. The van der Waals surface area contributed by atoms with Crippen molar-refractivity contribution < 1.29 is 21.1 Å². The van der Waals surface area contributed by atoms with E-state index < -0.39 is 0 Å². The van der Waals surface area contributed by atoms with E-state index in [1.165, 1.54) is 0 Å².